The molecular weight excluding hydrogens is 759 g/mol. The van der Waals surface area contributed by atoms with Crippen LogP contribution in [0.2, 0.25) is 0 Å². The molecule has 57 heavy (non-hydrogen) atoms. The van der Waals surface area contributed by atoms with Gasteiger partial charge in [0.15, 0.2) is 0 Å². The number of benzene rings is 6. The topological polar surface area (TPSA) is 145 Å². The van der Waals surface area contributed by atoms with Gasteiger partial charge in [0.25, 0.3) is 0 Å². The second-order valence-corrected chi connectivity index (χ2v) is 13.3. The molecule has 0 saturated heterocycles. The molecule has 291 valence electrons. The number of nitrogens with zero attached hydrogens (tertiary/aromatic N) is 2. The van der Waals surface area contributed by atoms with Crippen LogP contribution >= 0.6 is 0 Å². The van der Waals surface area contributed by atoms with Crippen LogP contribution in [0.25, 0.3) is 44.5 Å². The van der Waals surface area contributed by atoms with Gasteiger partial charge in [0.05, 0.1) is 12.1 Å². The summed E-state index contributed by atoms with van der Waals surface area (Å²) in [5.74, 6) is -1.73. The number of carboxylic acid groups (broad SMARTS) is 2. The number of aliphatic carboxylic acids is 2. The first-order valence-electron chi connectivity index (χ1n) is 18.5. The standard InChI is InChI=1S/C44H38N2O2.2C2H4O2.Co/c47-43-37(25-35(31-15-5-1-6-16-31)27-39(43)33-19-9-3-10-20-33)29-45-41-23-13-14-24-42(41)46-30-38-26-36(32-17-7-2-8-18-32)28-40(44(38)48)34-21-11-4-12-22-34;2*1-2(3)4;/h1-12,15-22,25-30,41-42,47-48H,13-14,23-24H2;2*1H3,(H,3,4);/q;;;+2/p-2. The van der Waals surface area contributed by atoms with Gasteiger partial charge in [-0.1, -0.05) is 134 Å². The van der Waals surface area contributed by atoms with Gasteiger partial charge in [0.1, 0.15) is 11.5 Å². The summed E-state index contributed by atoms with van der Waals surface area (Å²) in [5.41, 5.74) is 9.04. The SMILES string of the molecule is CC(=O)[O-].CC(=O)[O-].Oc1c(C=NC2CCCCC2N=Cc2cc(-c3ccccc3)cc(-c3ccccc3)c2O)cc(-c2ccccc2)cc1-c1ccccc1.[Co+2]. The van der Waals surface area contributed by atoms with Crippen LogP contribution in [0, 0.1) is 0 Å². The van der Waals surface area contributed by atoms with Crippen molar-refractivity contribution in [3.63, 3.8) is 0 Å². The zero-order chi connectivity index (χ0) is 39.9. The van der Waals surface area contributed by atoms with Crippen molar-refractivity contribution in [1.29, 1.82) is 0 Å². The average Bonchev–Trinajstić information content (AvgIpc) is 3.21. The van der Waals surface area contributed by atoms with Gasteiger partial charge in [0.2, 0.25) is 0 Å². The number of rotatable bonds is 8. The van der Waals surface area contributed by atoms with E-state index in [1.807, 2.05) is 134 Å². The minimum atomic E-state index is -1.08. The Morgan fingerprint density at radius 2 is 0.789 bits per heavy atom. The van der Waals surface area contributed by atoms with Crippen LogP contribution in [0.4, 0.5) is 0 Å². The van der Waals surface area contributed by atoms with Gasteiger partial charge in [-0.3, -0.25) is 9.98 Å². The molecule has 9 heteroatoms. The molecule has 2 unspecified atom stereocenters. The Labute approximate surface area is 344 Å². The van der Waals surface area contributed by atoms with Gasteiger partial charge < -0.3 is 30.0 Å². The summed E-state index contributed by atoms with van der Waals surface area (Å²) < 4.78 is 0. The average molecular weight is 804 g/mol. The predicted molar refractivity (Wildman–Crippen MR) is 221 cm³/mol. The monoisotopic (exact) mass is 803 g/mol. The quantitative estimate of drug-likeness (QED) is 0.149. The normalized spacial score (nSPS) is 14.7. The molecule has 0 amide bonds. The number of phenols is 2. The number of carbonyl (C=O) groups excluding carboxylic acids is 2. The van der Waals surface area contributed by atoms with Crippen molar-refractivity contribution in [2.75, 3.05) is 0 Å². The molecule has 1 saturated carbocycles. The van der Waals surface area contributed by atoms with E-state index in [-0.39, 0.29) is 40.4 Å². The van der Waals surface area contributed by atoms with Gasteiger partial charge in [-0.15, -0.1) is 0 Å². The maximum absolute atomic E-state index is 11.5. The minimum Gasteiger partial charge on any atom is -0.550 e. The number of aromatic hydroxyl groups is 2. The van der Waals surface area contributed by atoms with Gasteiger partial charge in [0, 0.05) is 46.6 Å². The van der Waals surface area contributed by atoms with Crippen molar-refractivity contribution >= 4 is 24.4 Å². The summed E-state index contributed by atoms with van der Waals surface area (Å²) in [4.78, 5) is 27.9. The maximum Gasteiger partial charge on any atom is 2.00 e. The molecule has 1 aliphatic carbocycles. The molecule has 2 atom stereocenters. The number of carbonyl (C=O) groups is 2. The van der Waals surface area contributed by atoms with E-state index in [0.29, 0.717) is 11.1 Å². The summed E-state index contributed by atoms with van der Waals surface area (Å²) in [7, 11) is 0. The molecule has 8 nitrogen and oxygen atoms in total. The van der Waals surface area contributed by atoms with Gasteiger partial charge >= 0.3 is 16.8 Å². The van der Waals surface area contributed by atoms with Crippen LogP contribution in [-0.2, 0) is 26.4 Å². The number of hydrogen-bond donors (Lipinski definition) is 2. The maximum atomic E-state index is 11.5. The molecule has 0 aliphatic heterocycles. The Morgan fingerprint density at radius 3 is 1.09 bits per heavy atom. The molecule has 0 heterocycles. The van der Waals surface area contributed by atoms with E-state index in [0.717, 1.165) is 84.0 Å². The van der Waals surface area contributed by atoms with Crippen molar-refractivity contribution in [2.45, 2.75) is 51.6 Å². The molecule has 0 spiro atoms. The third kappa shape index (κ3) is 12.6. The van der Waals surface area contributed by atoms with Gasteiger partial charge in [-0.2, -0.15) is 0 Å². The van der Waals surface area contributed by atoms with E-state index in [1.165, 1.54) is 0 Å². The molecule has 2 N–H and O–H groups in total. The van der Waals surface area contributed by atoms with Crippen molar-refractivity contribution in [1.82, 2.24) is 0 Å². The summed E-state index contributed by atoms with van der Waals surface area (Å²) >= 11 is 0. The van der Waals surface area contributed by atoms with Gasteiger partial charge in [-0.05, 0) is 84.3 Å². The minimum absolute atomic E-state index is 0. The zero-order valence-electron chi connectivity index (χ0n) is 31.7. The molecule has 1 fully saturated rings. The fraction of sp³-hybridized carbons (Fsp3) is 0.167. The molecule has 0 aromatic heterocycles. The summed E-state index contributed by atoms with van der Waals surface area (Å²) in [6.45, 7) is 1.94. The molecule has 1 aliphatic rings. The van der Waals surface area contributed by atoms with E-state index in [1.54, 1.807) is 0 Å². The third-order valence-corrected chi connectivity index (χ3v) is 9.17. The van der Waals surface area contributed by atoms with E-state index >= 15 is 0 Å². The Hall–Kier alpha value is -6.29. The number of phenolic OH excluding ortho intramolecular Hbond substituents is 2. The molecule has 1 radical (unpaired) electrons. The summed E-state index contributed by atoms with van der Waals surface area (Å²) in [5, 5.41) is 40.7. The molecular formula is C48H44CoN2O6. The fourth-order valence-electron chi connectivity index (χ4n) is 6.57. The molecule has 6 aromatic carbocycles. The van der Waals surface area contributed by atoms with E-state index in [2.05, 4.69) is 24.3 Å². The molecule has 6 aromatic rings. The molecule has 0 bridgehead atoms. The zero-order valence-corrected chi connectivity index (χ0v) is 32.8. The van der Waals surface area contributed by atoms with Crippen LogP contribution in [0.1, 0.15) is 50.7 Å². The van der Waals surface area contributed by atoms with E-state index < -0.39 is 11.9 Å². The second-order valence-electron chi connectivity index (χ2n) is 13.3. The summed E-state index contributed by atoms with van der Waals surface area (Å²) in [6.07, 6.45) is 7.63. The Morgan fingerprint density at radius 1 is 0.509 bits per heavy atom. The predicted octanol–water partition coefficient (Wildman–Crippen LogP) is 8.12. The first-order valence-corrected chi connectivity index (χ1v) is 18.5. The van der Waals surface area contributed by atoms with Crippen molar-refractivity contribution in [3.05, 3.63) is 157 Å². The smallest absolute Gasteiger partial charge is 0.550 e. The third-order valence-electron chi connectivity index (χ3n) is 9.17. The van der Waals surface area contributed by atoms with Crippen LogP contribution in [0.5, 0.6) is 11.5 Å². The Kier molecular flexibility index (Phi) is 16.5. The number of hydrogen-bond acceptors (Lipinski definition) is 8. The van der Waals surface area contributed by atoms with E-state index in [9.17, 15) is 10.2 Å². The first kappa shape index (κ1) is 43.4. The Bertz CT molecular complexity index is 2090. The molecule has 7 rings (SSSR count). The van der Waals surface area contributed by atoms with Crippen LogP contribution in [0.3, 0.4) is 0 Å². The first-order chi connectivity index (χ1) is 27.1. The van der Waals surface area contributed by atoms with E-state index in [4.69, 9.17) is 29.8 Å². The Balaban J connectivity index is 0.000000734. The van der Waals surface area contributed by atoms with Gasteiger partial charge in [-0.25, -0.2) is 0 Å². The van der Waals surface area contributed by atoms with Crippen LogP contribution in [-0.4, -0.2) is 46.7 Å². The van der Waals surface area contributed by atoms with Crippen molar-refractivity contribution in [3.8, 4) is 56.0 Å². The van der Waals surface area contributed by atoms with Crippen LogP contribution < -0.4 is 10.2 Å². The second kappa shape index (κ2) is 21.7. The fourth-order valence-corrected chi connectivity index (χ4v) is 6.57. The number of carboxylic acids is 2. The largest absolute Gasteiger partial charge is 2.00 e. The summed E-state index contributed by atoms with van der Waals surface area (Å²) in [6, 6.07) is 48.5. The number of aliphatic imine (C=N–C) groups is 2. The van der Waals surface area contributed by atoms with Crippen LogP contribution in [0.15, 0.2) is 156 Å². The van der Waals surface area contributed by atoms with Crippen molar-refractivity contribution < 1.29 is 46.8 Å². The van der Waals surface area contributed by atoms with Crippen molar-refractivity contribution in [2.24, 2.45) is 9.98 Å².